The Bertz CT molecular complexity index is 1350. The van der Waals surface area contributed by atoms with Gasteiger partial charge in [0.2, 0.25) is 0 Å². The molecular weight excluding hydrogens is 418 g/mol. The van der Waals surface area contributed by atoms with Crippen molar-refractivity contribution in [2.45, 2.75) is 38.0 Å². The third-order valence-corrected chi connectivity index (χ3v) is 7.55. The van der Waals surface area contributed by atoms with Crippen molar-refractivity contribution >= 4 is 21.9 Å². The molecule has 164 valence electrons. The average molecular weight is 439 g/mol. The van der Waals surface area contributed by atoms with Gasteiger partial charge in [-0.1, -0.05) is 0 Å². The minimum atomic E-state index is -1.49. The number of aromatic amines is 1. The van der Waals surface area contributed by atoms with Crippen molar-refractivity contribution in [3.05, 3.63) is 71.2 Å². The molecule has 1 N–H and O–H groups in total. The van der Waals surface area contributed by atoms with Crippen LogP contribution >= 0.6 is 0 Å². The molecule has 4 aromatic rings. The number of hydrogen-bond acceptors (Lipinski definition) is 2. The second-order valence-corrected chi connectivity index (χ2v) is 9.26. The van der Waals surface area contributed by atoms with Crippen LogP contribution in [0.5, 0.6) is 0 Å². The molecule has 2 bridgehead atoms. The normalized spacial score (nSPS) is 24.8. The fraction of sp³-hybridized carbons (Fsp3) is 0.360. The lowest BCUT2D eigenvalue weighted by Crippen LogP contribution is -2.17. The van der Waals surface area contributed by atoms with Crippen molar-refractivity contribution in [1.82, 2.24) is 15.0 Å². The molecule has 3 nitrogen and oxygen atoms in total. The van der Waals surface area contributed by atoms with E-state index in [4.69, 9.17) is 0 Å². The zero-order valence-electron chi connectivity index (χ0n) is 17.2. The lowest BCUT2D eigenvalue weighted by atomic mass is 9.76. The van der Waals surface area contributed by atoms with Crippen LogP contribution in [0.2, 0.25) is 0 Å². The highest BCUT2D eigenvalue weighted by Gasteiger charge is 2.46. The molecule has 7 heteroatoms. The summed E-state index contributed by atoms with van der Waals surface area (Å²) in [6.07, 6.45) is 6.62. The monoisotopic (exact) mass is 439 g/mol. The van der Waals surface area contributed by atoms with Crippen LogP contribution in [0, 0.1) is 41.0 Å². The number of nitrogens with one attached hydrogen (secondary N) is 1. The predicted molar refractivity (Wildman–Crippen MR) is 113 cm³/mol. The molecular formula is C25H21F4N3. The van der Waals surface area contributed by atoms with Gasteiger partial charge in [0.05, 0.1) is 11.0 Å². The summed E-state index contributed by atoms with van der Waals surface area (Å²) in [4.78, 5) is 11.5. The lowest BCUT2D eigenvalue weighted by Gasteiger charge is -2.29. The summed E-state index contributed by atoms with van der Waals surface area (Å²) in [5.41, 5.74) is 2.05. The van der Waals surface area contributed by atoms with E-state index >= 15 is 0 Å². The Balaban J connectivity index is 1.17. The maximum Gasteiger partial charge on any atom is 0.196 e. The van der Waals surface area contributed by atoms with Gasteiger partial charge in [0.15, 0.2) is 17.5 Å². The molecule has 0 saturated heterocycles. The standard InChI is InChI=1S/C25H21F4N3/c26-15-2-3-20-18(10-15)16(5-6-30-20)17-9-13-8-14(17)7-12(13)1-4-22-31-21-11-19(27)23(28)24(29)25(21)32-22/h2-3,5-6,10-14,17H,1,4,7-9H2,(H,31,32). The van der Waals surface area contributed by atoms with Gasteiger partial charge < -0.3 is 4.98 Å². The van der Waals surface area contributed by atoms with Gasteiger partial charge in [-0.05, 0) is 79.2 Å². The summed E-state index contributed by atoms with van der Waals surface area (Å²) in [5.74, 6) is -1.55. The van der Waals surface area contributed by atoms with E-state index in [2.05, 4.69) is 15.0 Å². The predicted octanol–water partition coefficient (Wildman–Crippen LogP) is 6.43. The zero-order chi connectivity index (χ0) is 22.0. The Morgan fingerprint density at radius 1 is 0.938 bits per heavy atom. The highest BCUT2D eigenvalue weighted by Crippen LogP contribution is 2.57. The molecule has 0 spiro atoms. The van der Waals surface area contributed by atoms with Gasteiger partial charge in [-0.3, -0.25) is 4.98 Å². The molecule has 2 aliphatic rings. The van der Waals surface area contributed by atoms with E-state index in [1.54, 1.807) is 12.1 Å². The van der Waals surface area contributed by atoms with Crippen LogP contribution in [0.4, 0.5) is 17.6 Å². The van der Waals surface area contributed by atoms with Crippen LogP contribution in [0.15, 0.2) is 36.5 Å². The van der Waals surface area contributed by atoms with Crippen LogP contribution in [0.3, 0.4) is 0 Å². The van der Waals surface area contributed by atoms with E-state index in [9.17, 15) is 17.6 Å². The van der Waals surface area contributed by atoms with Crippen LogP contribution in [-0.2, 0) is 6.42 Å². The number of pyridine rings is 1. The number of benzene rings is 2. The van der Waals surface area contributed by atoms with Crippen molar-refractivity contribution in [3.8, 4) is 0 Å². The maximum absolute atomic E-state index is 14.0. The second kappa shape index (κ2) is 7.29. The third kappa shape index (κ3) is 3.09. The van der Waals surface area contributed by atoms with E-state index in [1.807, 2.05) is 12.3 Å². The fourth-order valence-corrected chi connectivity index (χ4v) is 6.14. The molecule has 2 heterocycles. The third-order valence-electron chi connectivity index (χ3n) is 7.55. The van der Waals surface area contributed by atoms with E-state index in [-0.39, 0.29) is 16.9 Å². The van der Waals surface area contributed by atoms with Crippen LogP contribution < -0.4 is 0 Å². The molecule has 0 amide bonds. The Labute approximate surface area is 181 Å². The number of imidazole rings is 1. The largest absolute Gasteiger partial charge is 0.342 e. The topological polar surface area (TPSA) is 41.6 Å². The number of H-pyrrole nitrogens is 1. The Morgan fingerprint density at radius 2 is 1.81 bits per heavy atom. The number of aryl methyl sites for hydroxylation is 1. The maximum atomic E-state index is 14.0. The molecule has 2 aliphatic carbocycles. The first kappa shape index (κ1) is 19.7. The molecule has 0 radical (unpaired) electrons. The molecule has 32 heavy (non-hydrogen) atoms. The summed E-state index contributed by atoms with van der Waals surface area (Å²) in [6.45, 7) is 0. The first-order chi connectivity index (χ1) is 15.5. The number of fused-ring (bicyclic) bond motifs is 4. The molecule has 2 aromatic carbocycles. The average Bonchev–Trinajstić information content (AvgIpc) is 3.49. The molecule has 4 unspecified atom stereocenters. The van der Waals surface area contributed by atoms with Gasteiger partial charge in [0.25, 0.3) is 0 Å². The number of rotatable bonds is 4. The van der Waals surface area contributed by atoms with E-state index < -0.39 is 17.5 Å². The van der Waals surface area contributed by atoms with Gasteiger partial charge in [-0.2, -0.15) is 0 Å². The van der Waals surface area contributed by atoms with E-state index in [1.165, 1.54) is 11.6 Å². The van der Waals surface area contributed by atoms with Crippen LogP contribution in [0.1, 0.15) is 43.0 Å². The summed E-state index contributed by atoms with van der Waals surface area (Å²) in [5, 5.41) is 0.908. The summed E-state index contributed by atoms with van der Waals surface area (Å²) >= 11 is 0. The van der Waals surface area contributed by atoms with Gasteiger partial charge in [0, 0.05) is 24.1 Å². The number of halogens is 4. The fourth-order valence-electron chi connectivity index (χ4n) is 6.14. The second-order valence-electron chi connectivity index (χ2n) is 9.26. The smallest absolute Gasteiger partial charge is 0.196 e. The molecule has 4 atom stereocenters. The van der Waals surface area contributed by atoms with Crippen molar-refractivity contribution < 1.29 is 17.6 Å². The van der Waals surface area contributed by atoms with Crippen LogP contribution in [0.25, 0.3) is 21.9 Å². The highest BCUT2D eigenvalue weighted by molar-refractivity contribution is 5.82. The Kier molecular flexibility index (Phi) is 4.49. The van der Waals surface area contributed by atoms with E-state index in [0.29, 0.717) is 35.9 Å². The van der Waals surface area contributed by atoms with Gasteiger partial charge in [-0.15, -0.1) is 0 Å². The van der Waals surface area contributed by atoms with Gasteiger partial charge >= 0.3 is 0 Å². The van der Waals surface area contributed by atoms with Crippen LogP contribution in [-0.4, -0.2) is 15.0 Å². The Morgan fingerprint density at radius 3 is 2.62 bits per heavy atom. The van der Waals surface area contributed by atoms with Gasteiger partial charge in [-0.25, -0.2) is 22.5 Å². The summed E-state index contributed by atoms with van der Waals surface area (Å²) in [7, 11) is 0. The first-order valence-electron chi connectivity index (χ1n) is 11.0. The molecule has 6 rings (SSSR count). The minimum absolute atomic E-state index is 0.149. The summed E-state index contributed by atoms with van der Waals surface area (Å²) < 4.78 is 54.7. The summed E-state index contributed by atoms with van der Waals surface area (Å²) in [6, 6.07) is 7.76. The molecule has 2 fully saturated rings. The molecule has 2 saturated carbocycles. The SMILES string of the molecule is Fc1ccc2nccc(C3CC4CC3CC4CCc3nc4c(F)c(F)c(F)cc4[nH]3)c2c1. The number of nitrogens with zero attached hydrogens (tertiary/aromatic N) is 2. The first-order valence-corrected chi connectivity index (χ1v) is 11.0. The molecule has 2 aromatic heterocycles. The van der Waals surface area contributed by atoms with E-state index in [0.717, 1.165) is 42.7 Å². The highest BCUT2D eigenvalue weighted by atomic mass is 19.2. The zero-order valence-corrected chi connectivity index (χ0v) is 17.2. The van der Waals surface area contributed by atoms with Gasteiger partial charge in [0.1, 0.15) is 17.2 Å². The minimum Gasteiger partial charge on any atom is -0.342 e. The number of hydrogen-bond donors (Lipinski definition) is 1. The van der Waals surface area contributed by atoms with Crippen molar-refractivity contribution in [3.63, 3.8) is 0 Å². The van der Waals surface area contributed by atoms with Crippen molar-refractivity contribution in [2.75, 3.05) is 0 Å². The van der Waals surface area contributed by atoms with Crippen molar-refractivity contribution in [1.29, 1.82) is 0 Å². The quantitative estimate of drug-likeness (QED) is 0.294. The number of aromatic nitrogens is 3. The Hall–Kier alpha value is -2.96. The molecule has 0 aliphatic heterocycles. The van der Waals surface area contributed by atoms with Crippen molar-refractivity contribution in [2.24, 2.45) is 17.8 Å². The lowest BCUT2D eigenvalue weighted by molar-refractivity contribution is 0.289.